The zero-order valence-corrected chi connectivity index (χ0v) is 19.2. The summed E-state index contributed by atoms with van der Waals surface area (Å²) in [6.07, 6.45) is 4.82. The molecule has 0 radical (unpaired) electrons. The molecule has 2 N–H and O–H groups in total. The van der Waals surface area contributed by atoms with E-state index in [1.165, 1.54) is 18.4 Å². The molecule has 0 unspecified atom stereocenters. The van der Waals surface area contributed by atoms with Gasteiger partial charge in [-0.05, 0) is 68.5 Å². The number of anilines is 1. The van der Waals surface area contributed by atoms with Crippen molar-refractivity contribution >= 4 is 11.6 Å². The maximum atomic E-state index is 12.5. The second kappa shape index (κ2) is 9.53. The van der Waals surface area contributed by atoms with E-state index in [4.69, 9.17) is 4.74 Å². The average Bonchev–Trinajstić information content (AvgIpc) is 3.51. The highest BCUT2D eigenvalue weighted by Gasteiger charge is 2.34. The number of nitrogens with one attached hydrogen (secondary N) is 2. The molecule has 1 aliphatic heterocycles. The fourth-order valence-corrected chi connectivity index (χ4v) is 4.65. The summed E-state index contributed by atoms with van der Waals surface area (Å²) >= 11 is 0. The third-order valence-corrected chi connectivity index (χ3v) is 6.79. The van der Waals surface area contributed by atoms with Crippen molar-refractivity contribution in [3.63, 3.8) is 0 Å². The van der Waals surface area contributed by atoms with Crippen LogP contribution in [-0.2, 0) is 4.74 Å². The first kappa shape index (κ1) is 22.0. The topological polar surface area (TPSA) is 70.2 Å². The molecule has 2 heterocycles. The zero-order chi connectivity index (χ0) is 22.0. The van der Waals surface area contributed by atoms with E-state index in [0.29, 0.717) is 23.6 Å². The molecule has 6 heteroatoms. The number of benzene rings is 1. The number of rotatable bonds is 8. The Bertz CT molecular complexity index is 868. The lowest BCUT2D eigenvalue weighted by molar-refractivity contribution is -0.101. The highest BCUT2D eigenvalue weighted by molar-refractivity contribution is 6.02. The summed E-state index contributed by atoms with van der Waals surface area (Å²) < 4.78 is 6.50. The summed E-state index contributed by atoms with van der Waals surface area (Å²) in [6.45, 7) is 11.1. The minimum absolute atomic E-state index is 0.0870. The van der Waals surface area contributed by atoms with Crippen molar-refractivity contribution < 1.29 is 9.53 Å². The third kappa shape index (κ3) is 5.18. The second-order valence-electron chi connectivity index (χ2n) is 9.31. The van der Waals surface area contributed by atoms with Crippen molar-refractivity contribution in [2.45, 2.75) is 77.5 Å². The molecule has 168 valence electrons. The molecule has 1 aromatic carbocycles. The van der Waals surface area contributed by atoms with Gasteiger partial charge >= 0.3 is 0 Å². The minimum atomic E-state index is -0.175. The Morgan fingerprint density at radius 2 is 1.90 bits per heavy atom. The number of carbonyl (C=O) groups is 1. The molecule has 4 rings (SSSR count). The van der Waals surface area contributed by atoms with E-state index < -0.39 is 0 Å². The third-order valence-electron chi connectivity index (χ3n) is 6.79. The van der Waals surface area contributed by atoms with Gasteiger partial charge in [-0.2, -0.15) is 5.10 Å². The molecular formula is C25H36N4O2. The molecule has 1 aromatic heterocycles. The number of aromatic amines is 1. The van der Waals surface area contributed by atoms with E-state index in [0.717, 1.165) is 37.3 Å². The van der Waals surface area contributed by atoms with Gasteiger partial charge in [0.1, 0.15) is 0 Å². The van der Waals surface area contributed by atoms with Gasteiger partial charge in [0.25, 0.3) is 5.91 Å². The Balaban J connectivity index is 1.42. The van der Waals surface area contributed by atoms with Crippen molar-refractivity contribution in [3.8, 4) is 0 Å². The van der Waals surface area contributed by atoms with Gasteiger partial charge < -0.3 is 15.0 Å². The minimum Gasteiger partial charge on any atom is -0.370 e. The van der Waals surface area contributed by atoms with Crippen LogP contribution in [0.15, 0.2) is 30.3 Å². The SMILES string of the molecule is CCN(CC)[C@H]1C[C@@H](c2ccc(NC(=O)c3cc(C4CC4)[nH]n3)cc2)O[C@@H](C(C)C)C1. The standard InChI is InChI=1S/C25H36N4O2/c1-5-29(6-2)20-13-23(16(3)4)31-24(14-20)18-9-11-19(12-10-18)26-25(30)22-15-21(27-28-22)17-7-8-17/h9-12,15-17,20,23-24H,5-8,13-14H2,1-4H3,(H,26,30)(H,27,28)/t20-,23-,24+/m1/s1. The number of hydrogen-bond acceptors (Lipinski definition) is 4. The van der Waals surface area contributed by atoms with E-state index in [9.17, 15) is 4.79 Å². The predicted octanol–water partition coefficient (Wildman–Crippen LogP) is 5.13. The Hall–Kier alpha value is -2.18. The Morgan fingerprint density at radius 1 is 1.19 bits per heavy atom. The van der Waals surface area contributed by atoms with E-state index in [2.05, 4.69) is 60.2 Å². The smallest absolute Gasteiger partial charge is 0.276 e. The fraction of sp³-hybridized carbons (Fsp3) is 0.600. The van der Waals surface area contributed by atoms with Gasteiger partial charge in [-0.1, -0.05) is 39.8 Å². The van der Waals surface area contributed by atoms with Crippen LogP contribution in [0.25, 0.3) is 0 Å². The Kier molecular flexibility index (Phi) is 6.77. The molecule has 0 spiro atoms. The van der Waals surface area contributed by atoms with Crippen molar-refractivity contribution in [3.05, 3.63) is 47.3 Å². The van der Waals surface area contributed by atoms with Crippen molar-refractivity contribution in [2.24, 2.45) is 5.92 Å². The van der Waals surface area contributed by atoms with Gasteiger partial charge in [-0.15, -0.1) is 0 Å². The number of nitrogens with zero attached hydrogens (tertiary/aromatic N) is 2. The largest absolute Gasteiger partial charge is 0.370 e. The van der Waals surface area contributed by atoms with Gasteiger partial charge in [0.15, 0.2) is 5.69 Å². The molecule has 1 aliphatic carbocycles. The highest BCUT2D eigenvalue weighted by Crippen LogP contribution is 2.39. The normalized spacial score (nSPS) is 24.0. The quantitative estimate of drug-likeness (QED) is 0.617. The maximum Gasteiger partial charge on any atom is 0.276 e. The lowest BCUT2D eigenvalue weighted by Gasteiger charge is -2.42. The zero-order valence-electron chi connectivity index (χ0n) is 19.2. The van der Waals surface area contributed by atoms with Gasteiger partial charge in [0.05, 0.1) is 12.2 Å². The Labute approximate surface area is 185 Å². The van der Waals surface area contributed by atoms with Crippen LogP contribution in [0.3, 0.4) is 0 Å². The molecular weight excluding hydrogens is 388 g/mol. The van der Waals surface area contributed by atoms with Gasteiger partial charge in [-0.25, -0.2) is 0 Å². The van der Waals surface area contributed by atoms with E-state index >= 15 is 0 Å². The molecule has 2 aliphatic rings. The summed E-state index contributed by atoms with van der Waals surface area (Å²) in [5, 5.41) is 10.1. The first-order valence-corrected chi connectivity index (χ1v) is 11.8. The van der Waals surface area contributed by atoms with Crippen LogP contribution in [0.4, 0.5) is 5.69 Å². The highest BCUT2D eigenvalue weighted by atomic mass is 16.5. The first-order chi connectivity index (χ1) is 15.0. The van der Waals surface area contributed by atoms with E-state index in [1.807, 2.05) is 18.2 Å². The number of aromatic nitrogens is 2. The molecule has 1 saturated heterocycles. The van der Waals surface area contributed by atoms with Crippen LogP contribution in [0, 0.1) is 5.92 Å². The molecule has 1 amide bonds. The molecule has 1 saturated carbocycles. The number of carbonyl (C=O) groups excluding carboxylic acids is 1. The predicted molar refractivity (Wildman–Crippen MR) is 123 cm³/mol. The van der Waals surface area contributed by atoms with Crippen LogP contribution < -0.4 is 5.32 Å². The molecule has 31 heavy (non-hydrogen) atoms. The van der Waals surface area contributed by atoms with Gasteiger partial charge in [0, 0.05) is 23.3 Å². The van der Waals surface area contributed by atoms with E-state index in [1.54, 1.807) is 0 Å². The monoisotopic (exact) mass is 424 g/mol. The van der Waals surface area contributed by atoms with Gasteiger partial charge in [-0.3, -0.25) is 9.89 Å². The summed E-state index contributed by atoms with van der Waals surface area (Å²) in [4.78, 5) is 15.1. The number of H-pyrrole nitrogens is 1. The number of amides is 1. The van der Waals surface area contributed by atoms with Crippen LogP contribution in [0.1, 0.15) is 87.1 Å². The van der Waals surface area contributed by atoms with Crippen LogP contribution >= 0.6 is 0 Å². The lowest BCUT2D eigenvalue weighted by atomic mass is 9.89. The molecule has 0 bridgehead atoms. The van der Waals surface area contributed by atoms with Crippen LogP contribution in [0.2, 0.25) is 0 Å². The Morgan fingerprint density at radius 3 is 2.52 bits per heavy atom. The summed E-state index contributed by atoms with van der Waals surface area (Å²) in [7, 11) is 0. The first-order valence-electron chi connectivity index (χ1n) is 11.8. The number of ether oxygens (including phenoxy) is 1. The van der Waals surface area contributed by atoms with Crippen LogP contribution in [-0.4, -0.2) is 46.2 Å². The van der Waals surface area contributed by atoms with Crippen molar-refractivity contribution in [1.82, 2.24) is 15.1 Å². The van der Waals surface area contributed by atoms with Gasteiger partial charge in [0.2, 0.25) is 0 Å². The maximum absolute atomic E-state index is 12.5. The molecule has 6 nitrogen and oxygen atoms in total. The van der Waals surface area contributed by atoms with Crippen molar-refractivity contribution in [2.75, 3.05) is 18.4 Å². The average molecular weight is 425 g/mol. The summed E-state index contributed by atoms with van der Waals surface area (Å²) in [5.41, 5.74) is 3.47. The van der Waals surface area contributed by atoms with Crippen molar-refractivity contribution in [1.29, 1.82) is 0 Å². The van der Waals surface area contributed by atoms with Crippen LogP contribution in [0.5, 0.6) is 0 Å². The second-order valence-corrected chi connectivity index (χ2v) is 9.31. The summed E-state index contributed by atoms with van der Waals surface area (Å²) in [5.74, 6) is 0.874. The molecule has 3 atom stereocenters. The van der Waals surface area contributed by atoms with E-state index in [-0.39, 0.29) is 18.1 Å². The molecule has 2 fully saturated rings. The molecule has 2 aromatic rings. The number of hydrogen-bond donors (Lipinski definition) is 2. The fourth-order valence-electron chi connectivity index (χ4n) is 4.65. The summed E-state index contributed by atoms with van der Waals surface area (Å²) in [6, 6.07) is 10.5. The lowest BCUT2D eigenvalue weighted by Crippen LogP contribution is -2.44.